The Morgan fingerprint density at radius 3 is 2.58 bits per heavy atom. The standard InChI is InChI=1S/C15H20FNO2/c1-11(18)3-2-10-17-14(19)15(8-9-15)12-4-6-13(16)7-5-12/h4-7,11,18H,2-3,8-10H2,1H3,(H,17,19). The molecule has 19 heavy (non-hydrogen) atoms. The molecule has 1 aliphatic rings. The maximum atomic E-state index is 12.9. The summed E-state index contributed by atoms with van der Waals surface area (Å²) in [5, 5.41) is 12.1. The van der Waals surface area contributed by atoms with Gasteiger partial charge in [-0.15, -0.1) is 0 Å². The molecule has 1 aromatic carbocycles. The van der Waals surface area contributed by atoms with Crippen LogP contribution in [-0.4, -0.2) is 23.7 Å². The number of nitrogens with one attached hydrogen (secondary N) is 1. The Bertz CT molecular complexity index is 438. The summed E-state index contributed by atoms with van der Waals surface area (Å²) in [5.74, 6) is -0.262. The molecule has 1 fully saturated rings. The fourth-order valence-electron chi connectivity index (χ4n) is 2.31. The SMILES string of the molecule is CC(O)CCCNC(=O)C1(c2ccc(F)cc2)CC1. The lowest BCUT2D eigenvalue weighted by Crippen LogP contribution is -2.35. The number of carbonyl (C=O) groups excluding carboxylic acids is 1. The second-order valence-electron chi connectivity index (χ2n) is 5.34. The van der Waals surface area contributed by atoms with E-state index in [0.717, 1.165) is 24.8 Å². The molecule has 1 saturated carbocycles. The van der Waals surface area contributed by atoms with E-state index in [1.807, 2.05) is 0 Å². The van der Waals surface area contributed by atoms with Crippen LogP contribution >= 0.6 is 0 Å². The van der Waals surface area contributed by atoms with E-state index in [4.69, 9.17) is 5.11 Å². The predicted molar refractivity (Wildman–Crippen MR) is 71.2 cm³/mol. The quantitative estimate of drug-likeness (QED) is 0.774. The topological polar surface area (TPSA) is 49.3 Å². The zero-order valence-corrected chi connectivity index (χ0v) is 11.2. The van der Waals surface area contributed by atoms with Crippen LogP contribution in [0.1, 0.15) is 38.2 Å². The Morgan fingerprint density at radius 1 is 1.42 bits per heavy atom. The average Bonchev–Trinajstić information content (AvgIpc) is 3.16. The monoisotopic (exact) mass is 265 g/mol. The van der Waals surface area contributed by atoms with Crippen molar-refractivity contribution in [1.82, 2.24) is 5.32 Å². The summed E-state index contributed by atoms with van der Waals surface area (Å²) in [7, 11) is 0. The van der Waals surface area contributed by atoms with Crippen LogP contribution in [0.25, 0.3) is 0 Å². The largest absolute Gasteiger partial charge is 0.393 e. The van der Waals surface area contributed by atoms with Gasteiger partial charge in [0.2, 0.25) is 5.91 Å². The summed E-state index contributed by atoms with van der Waals surface area (Å²) in [4.78, 5) is 12.2. The maximum absolute atomic E-state index is 12.9. The summed E-state index contributed by atoms with van der Waals surface area (Å²) < 4.78 is 12.9. The Labute approximate surface area is 112 Å². The van der Waals surface area contributed by atoms with Gasteiger partial charge in [0.25, 0.3) is 0 Å². The molecule has 1 amide bonds. The molecule has 0 aliphatic heterocycles. The first-order chi connectivity index (χ1) is 9.04. The number of carbonyl (C=O) groups is 1. The Hall–Kier alpha value is -1.42. The number of aliphatic hydroxyl groups is 1. The molecule has 0 saturated heterocycles. The maximum Gasteiger partial charge on any atom is 0.230 e. The smallest absolute Gasteiger partial charge is 0.230 e. The van der Waals surface area contributed by atoms with Crippen molar-refractivity contribution >= 4 is 5.91 Å². The van der Waals surface area contributed by atoms with Crippen molar-refractivity contribution in [2.24, 2.45) is 0 Å². The lowest BCUT2D eigenvalue weighted by atomic mass is 9.95. The third kappa shape index (κ3) is 3.32. The Balaban J connectivity index is 1.89. The lowest BCUT2D eigenvalue weighted by molar-refractivity contribution is -0.123. The predicted octanol–water partition coefficient (Wildman–Crippen LogP) is 2.13. The highest BCUT2D eigenvalue weighted by atomic mass is 19.1. The van der Waals surface area contributed by atoms with Crippen LogP contribution in [0, 0.1) is 5.82 Å². The van der Waals surface area contributed by atoms with Crippen molar-refractivity contribution in [1.29, 1.82) is 0 Å². The molecule has 4 heteroatoms. The number of hydrogen-bond acceptors (Lipinski definition) is 2. The second kappa shape index (κ2) is 5.70. The van der Waals surface area contributed by atoms with Gasteiger partial charge < -0.3 is 10.4 Å². The molecule has 2 N–H and O–H groups in total. The van der Waals surface area contributed by atoms with Crippen LogP contribution in [-0.2, 0) is 10.2 Å². The van der Waals surface area contributed by atoms with Crippen molar-refractivity contribution in [3.8, 4) is 0 Å². The fraction of sp³-hybridized carbons (Fsp3) is 0.533. The number of benzene rings is 1. The lowest BCUT2D eigenvalue weighted by Gasteiger charge is -2.16. The molecule has 104 valence electrons. The van der Waals surface area contributed by atoms with Crippen LogP contribution in [0.15, 0.2) is 24.3 Å². The average molecular weight is 265 g/mol. The third-order valence-corrected chi connectivity index (χ3v) is 3.67. The minimum atomic E-state index is -0.446. The summed E-state index contributed by atoms with van der Waals surface area (Å²) in [6, 6.07) is 6.18. The van der Waals surface area contributed by atoms with Gasteiger partial charge in [-0.1, -0.05) is 12.1 Å². The van der Waals surface area contributed by atoms with E-state index in [9.17, 15) is 9.18 Å². The van der Waals surface area contributed by atoms with E-state index in [1.165, 1.54) is 12.1 Å². The van der Waals surface area contributed by atoms with Crippen LogP contribution in [0.5, 0.6) is 0 Å². The molecule has 0 heterocycles. The van der Waals surface area contributed by atoms with Crippen LogP contribution in [0.3, 0.4) is 0 Å². The summed E-state index contributed by atoms with van der Waals surface area (Å²) >= 11 is 0. The molecule has 0 bridgehead atoms. The molecule has 0 spiro atoms. The molecular weight excluding hydrogens is 245 g/mol. The number of rotatable bonds is 6. The fourth-order valence-corrected chi connectivity index (χ4v) is 2.31. The van der Waals surface area contributed by atoms with Crippen LogP contribution in [0.2, 0.25) is 0 Å². The van der Waals surface area contributed by atoms with E-state index < -0.39 is 5.41 Å². The molecule has 1 aliphatic carbocycles. The minimum Gasteiger partial charge on any atom is -0.393 e. The number of amides is 1. The zero-order valence-electron chi connectivity index (χ0n) is 11.2. The first-order valence-electron chi connectivity index (χ1n) is 6.77. The van der Waals surface area contributed by atoms with Gasteiger partial charge >= 0.3 is 0 Å². The first-order valence-corrected chi connectivity index (χ1v) is 6.77. The van der Waals surface area contributed by atoms with Gasteiger partial charge in [0.15, 0.2) is 0 Å². The molecule has 2 rings (SSSR count). The van der Waals surface area contributed by atoms with Gasteiger partial charge in [0.1, 0.15) is 5.82 Å². The van der Waals surface area contributed by atoms with Gasteiger partial charge in [-0.25, -0.2) is 4.39 Å². The van der Waals surface area contributed by atoms with Gasteiger partial charge in [-0.2, -0.15) is 0 Å². The van der Waals surface area contributed by atoms with Crippen LogP contribution in [0.4, 0.5) is 4.39 Å². The molecule has 0 radical (unpaired) electrons. The highest BCUT2D eigenvalue weighted by molar-refractivity contribution is 5.91. The van der Waals surface area contributed by atoms with Crippen LogP contribution < -0.4 is 5.32 Å². The first kappa shape index (κ1) is 14.0. The number of aliphatic hydroxyl groups excluding tert-OH is 1. The van der Waals surface area contributed by atoms with Crippen molar-refractivity contribution in [3.05, 3.63) is 35.6 Å². The molecule has 0 aromatic heterocycles. The Morgan fingerprint density at radius 2 is 2.05 bits per heavy atom. The summed E-state index contributed by atoms with van der Waals surface area (Å²) in [6.45, 7) is 2.31. The molecular formula is C15H20FNO2. The third-order valence-electron chi connectivity index (χ3n) is 3.67. The zero-order chi connectivity index (χ0) is 13.9. The van der Waals surface area contributed by atoms with Gasteiger partial charge in [0, 0.05) is 6.54 Å². The van der Waals surface area contributed by atoms with Crippen molar-refractivity contribution in [2.45, 2.75) is 44.1 Å². The van der Waals surface area contributed by atoms with E-state index in [2.05, 4.69) is 5.32 Å². The normalized spacial score (nSPS) is 17.8. The number of hydrogen-bond donors (Lipinski definition) is 2. The van der Waals surface area contributed by atoms with E-state index in [0.29, 0.717) is 13.0 Å². The molecule has 1 atom stereocenters. The molecule has 1 unspecified atom stereocenters. The van der Waals surface area contributed by atoms with Crippen molar-refractivity contribution in [2.75, 3.05) is 6.54 Å². The van der Waals surface area contributed by atoms with Gasteiger partial charge in [-0.05, 0) is 50.3 Å². The highest BCUT2D eigenvalue weighted by Gasteiger charge is 2.50. The highest BCUT2D eigenvalue weighted by Crippen LogP contribution is 2.48. The summed E-state index contributed by atoms with van der Waals surface area (Å²) in [6.07, 6.45) is 2.76. The molecule has 1 aromatic rings. The van der Waals surface area contributed by atoms with E-state index in [-0.39, 0.29) is 17.8 Å². The minimum absolute atomic E-state index is 0.0182. The van der Waals surface area contributed by atoms with Gasteiger partial charge in [0.05, 0.1) is 11.5 Å². The number of halogens is 1. The Kier molecular flexibility index (Phi) is 4.20. The summed E-state index contributed by atoms with van der Waals surface area (Å²) in [5.41, 5.74) is 0.445. The molecule has 3 nitrogen and oxygen atoms in total. The van der Waals surface area contributed by atoms with Gasteiger partial charge in [-0.3, -0.25) is 4.79 Å². The van der Waals surface area contributed by atoms with Crippen molar-refractivity contribution in [3.63, 3.8) is 0 Å². The van der Waals surface area contributed by atoms with E-state index in [1.54, 1.807) is 19.1 Å². The second-order valence-corrected chi connectivity index (χ2v) is 5.34. The van der Waals surface area contributed by atoms with Crippen molar-refractivity contribution < 1.29 is 14.3 Å². The van der Waals surface area contributed by atoms with E-state index >= 15 is 0 Å².